The van der Waals surface area contributed by atoms with Crippen molar-refractivity contribution in [1.29, 1.82) is 5.26 Å². The fourth-order valence-electron chi connectivity index (χ4n) is 1.95. The van der Waals surface area contributed by atoms with Crippen molar-refractivity contribution in [3.05, 3.63) is 56.6 Å². The number of nitriles is 1. The van der Waals surface area contributed by atoms with Gasteiger partial charge in [-0.2, -0.15) is 5.26 Å². The molecule has 1 aromatic carbocycles. The number of nitrogens with one attached hydrogen (secondary N) is 2. The molecule has 0 bridgehead atoms. The maximum Gasteiger partial charge on any atom is 0.271 e. The molecule has 0 aliphatic rings. The molecule has 0 fully saturated rings. The van der Waals surface area contributed by atoms with E-state index in [0.717, 1.165) is 5.56 Å². The Balaban J connectivity index is 2.29. The van der Waals surface area contributed by atoms with Crippen molar-refractivity contribution in [3.8, 4) is 6.07 Å². The zero-order valence-electron chi connectivity index (χ0n) is 12.0. The fourth-order valence-corrected chi connectivity index (χ4v) is 2.16. The molecular formula is C15H15ClN4O2. The normalized spacial score (nSPS) is 10.2. The maximum atomic E-state index is 12.0. The molecule has 0 aliphatic heterocycles. The highest BCUT2D eigenvalue weighted by atomic mass is 35.5. The van der Waals surface area contributed by atoms with E-state index in [1.54, 1.807) is 19.2 Å². The standard InChI is InChI=1S/C15H15ClN4O2/c1-22-6-5-18-14-12(9-17)15(21)20-13(19-14)8-10-3-2-4-11(16)7-10/h2-4,7H,5-6,8H2,1H3,(H2,18,19,20,21). The summed E-state index contributed by atoms with van der Waals surface area (Å²) in [5.74, 6) is 0.728. The van der Waals surface area contributed by atoms with Crippen LogP contribution in [-0.4, -0.2) is 30.2 Å². The first-order valence-electron chi connectivity index (χ1n) is 6.64. The summed E-state index contributed by atoms with van der Waals surface area (Å²) in [5.41, 5.74) is 0.420. The molecule has 22 heavy (non-hydrogen) atoms. The van der Waals surface area contributed by atoms with Gasteiger partial charge in [0.25, 0.3) is 5.56 Å². The number of aromatic nitrogens is 2. The number of benzene rings is 1. The molecule has 1 heterocycles. The van der Waals surface area contributed by atoms with Gasteiger partial charge in [-0.1, -0.05) is 23.7 Å². The van der Waals surface area contributed by atoms with E-state index >= 15 is 0 Å². The average Bonchev–Trinajstić information content (AvgIpc) is 2.47. The van der Waals surface area contributed by atoms with E-state index in [2.05, 4.69) is 15.3 Å². The number of H-pyrrole nitrogens is 1. The van der Waals surface area contributed by atoms with Crippen molar-refractivity contribution in [1.82, 2.24) is 9.97 Å². The van der Waals surface area contributed by atoms with Crippen LogP contribution in [-0.2, 0) is 11.2 Å². The van der Waals surface area contributed by atoms with Crippen molar-refractivity contribution in [2.45, 2.75) is 6.42 Å². The van der Waals surface area contributed by atoms with Gasteiger partial charge >= 0.3 is 0 Å². The third-order valence-electron chi connectivity index (χ3n) is 2.94. The summed E-state index contributed by atoms with van der Waals surface area (Å²) in [6, 6.07) is 9.16. The summed E-state index contributed by atoms with van der Waals surface area (Å²) in [5, 5.41) is 12.6. The molecule has 0 saturated carbocycles. The predicted molar refractivity (Wildman–Crippen MR) is 84.2 cm³/mol. The van der Waals surface area contributed by atoms with Crippen LogP contribution >= 0.6 is 11.6 Å². The molecule has 1 aromatic heterocycles. The minimum absolute atomic E-state index is 0.0362. The molecule has 0 amide bonds. The van der Waals surface area contributed by atoms with Gasteiger partial charge in [-0.25, -0.2) is 4.98 Å². The van der Waals surface area contributed by atoms with Crippen molar-refractivity contribution < 1.29 is 4.74 Å². The van der Waals surface area contributed by atoms with E-state index < -0.39 is 5.56 Å². The Morgan fingerprint density at radius 1 is 1.50 bits per heavy atom. The molecule has 0 radical (unpaired) electrons. The zero-order chi connectivity index (χ0) is 15.9. The van der Waals surface area contributed by atoms with Crippen LogP contribution in [0.3, 0.4) is 0 Å². The van der Waals surface area contributed by atoms with E-state index in [9.17, 15) is 4.79 Å². The lowest BCUT2D eigenvalue weighted by Crippen LogP contribution is -2.20. The monoisotopic (exact) mass is 318 g/mol. The SMILES string of the molecule is COCCNc1nc(Cc2cccc(Cl)c2)[nH]c(=O)c1C#N. The lowest BCUT2D eigenvalue weighted by Gasteiger charge is -2.09. The number of anilines is 1. The lowest BCUT2D eigenvalue weighted by molar-refractivity contribution is 0.210. The number of methoxy groups -OCH3 is 1. The number of nitrogens with zero attached hydrogens (tertiary/aromatic N) is 2. The molecule has 2 rings (SSSR count). The quantitative estimate of drug-likeness (QED) is 0.794. The summed E-state index contributed by atoms with van der Waals surface area (Å²) in [6.07, 6.45) is 0.417. The summed E-state index contributed by atoms with van der Waals surface area (Å²) in [4.78, 5) is 18.9. The Morgan fingerprint density at radius 2 is 2.32 bits per heavy atom. The highest BCUT2D eigenvalue weighted by molar-refractivity contribution is 6.30. The summed E-state index contributed by atoms with van der Waals surface area (Å²) in [7, 11) is 1.57. The van der Waals surface area contributed by atoms with Crippen molar-refractivity contribution in [2.24, 2.45) is 0 Å². The number of hydrogen-bond acceptors (Lipinski definition) is 5. The highest BCUT2D eigenvalue weighted by Gasteiger charge is 2.11. The molecule has 2 N–H and O–H groups in total. The average molecular weight is 319 g/mol. The van der Waals surface area contributed by atoms with Gasteiger partial charge in [0, 0.05) is 25.1 Å². The van der Waals surface area contributed by atoms with E-state index in [1.807, 2.05) is 18.2 Å². The van der Waals surface area contributed by atoms with Crippen LogP contribution in [0.15, 0.2) is 29.1 Å². The van der Waals surface area contributed by atoms with Gasteiger partial charge in [0.1, 0.15) is 11.9 Å². The van der Waals surface area contributed by atoms with E-state index in [-0.39, 0.29) is 11.4 Å². The number of ether oxygens (including phenoxy) is 1. The van der Waals surface area contributed by atoms with Gasteiger partial charge in [0.05, 0.1) is 6.61 Å². The van der Waals surface area contributed by atoms with Crippen LogP contribution in [0.5, 0.6) is 0 Å². The second-order valence-corrected chi connectivity index (χ2v) is 5.01. The summed E-state index contributed by atoms with van der Waals surface area (Å²) >= 11 is 5.94. The predicted octanol–water partition coefficient (Wildman–Crippen LogP) is 1.94. The molecule has 7 heteroatoms. The number of hydrogen-bond donors (Lipinski definition) is 2. The minimum atomic E-state index is -0.463. The van der Waals surface area contributed by atoms with E-state index in [1.165, 1.54) is 0 Å². The Morgan fingerprint density at radius 3 is 3.00 bits per heavy atom. The second-order valence-electron chi connectivity index (χ2n) is 4.57. The van der Waals surface area contributed by atoms with Crippen LogP contribution in [0.25, 0.3) is 0 Å². The molecule has 6 nitrogen and oxygen atoms in total. The molecular weight excluding hydrogens is 304 g/mol. The Bertz CT molecular complexity index is 752. The van der Waals surface area contributed by atoms with Crippen molar-refractivity contribution >= 4 is 17.4 Å². The first-order valence-corrected chi connectivity index (χ1v) is 7.02. The van der Waals surface area contributed by atoms with Gasteiger partial charge in [-0.05, 0) is 17.7 Å². The van der Waals surface area contributed by atoms with Gasteiger partial charge in [-0.3, -0.25) is 4.79 Å². The highest BCUT2D eigenvalue weighted by Crippen LogP contribution is 2.14. The third-order valence-corrected chi connectivity index (χ3v) is 3.17. The third kappa shape index (κ3) is 4.07. The lowest BCUT2D eigenvalue weighted by atomic mass is 10.1. The Labute approximate surface area is 132 Å². The largest absolute Gasteiger partial charge is 0.383 e. The minimum Gasteiger partial charge on any atom is -0.383 e. The number of aromatic amines is 1. The van der Waals surface area contributed by atoms with E-state index in [4.69, 9.17) is 21.6 Å². The Hall–Kier alpha value is -2.36. The molecule has 114 valence electrons. The van der Waals surface area contributed by atoms with Gasteiger partial charge in [-0.15, -0.1) is 0 Å². The first-order chi connectivity index (χ1) is 10.6. The van der Waals surface area contributed by atoms with Crippen LogP contribution in [0.4, 0.5) is 5.82 Å². The summed E-state index contributed by atoms with van der Waals surface area (Å²) < 4.78 is 4.93. The van der Waals surface area contributed by atoms with Gasteiger partial charge in [0.15, 0.2) is 11.4 Å². The Kier molecular flexibility index (Phi) is 5.53. The van der Waals surface area contributed by atoms with Gasteiger partial charge in [0.2, 0.25) is 0 Å². The second kappa shape index (κ2) is 7.59. The van der Waals surface area contributed by atoms with Crippen molar-refractivity contribution in [2.75, 3.05) is 25.6 Å². The summed E-state index contributed by atoms with van der Waals surface area (Å²) in [6.45, 7) is 0.904. The van der Waals surface area contributed by atoms with Crippen LogP contribution in [0.2, 0.25) is 5.02 Å². The zero-order valence-corrected chi connectivity index (χ0v) is 12.8. The van der Waals surface area contributed by atoms with Gasteiger partial charge < -0.3 is 15.0 Å². The molecule has 0 saturated heterocycles. The maximum absolute atomic E-state index is 12.0. The number of halogens is 1. The molecule has 0 spiro atoms. The molecule has 0 atom stereocenters. The molecule has 0 unspecified atom stereocenters. The number of rotatable bonds is 6. The molecule has 0 aliphatic carbocycles. The fraction of sp³-hybridized carbons (Fsp3) is 0.267. The molecule has 2 aromatic rings. The van der Waals surface area contributed by atoms with Crippen LogP contribution in [0, 0.1) is 11.3 Å². The first kappa shape index (κ1) is 16.0. The van der Waals surface area contributed by atoms with Crippen LogP contribution in [0.1, 0.15) is 17.0 Å². The smallest absolute Gasteiger partial charge is 0.271 e. The van der Waals surface area contributed by atoms with E-state index in [0.29, 0.717) is 30.4 Å². The topological polar surface area (TPSA) is 90.8 Å². The van der Waals surface area contributed by atoms with Crippen LogP contribution < -0.4 is 10.9 Å². The van der Waals surface area contributed by atoms with Crippen molar-refractivity contribution in [3.63, 3.8) is 0 Å².